The molecule has 52 valence electrons. The Bertz CT molecular complexity index is 204. The highest BCUT2D eigenvalue weighted by Gasteiger charge is 1.60. The van der Waals surface area contributed by atoms with E-state index in [1.54, 1.807) is 12.2 Å². The van der Waals surface area contributed by atoms with Crippen molar-refractivity contribution in [3.8, 4) is 23.7 Å². The molecule has 0 radical (unpaired) electrons. The lowest BCUT2D eigenvalue weighted by Crippen LogP contribution is -1.67. The molecule has 0 atom stereocenters. The van der Waals surface area contributed by atoms with Crippen molar-refractivity contribution < 1.29 is 5.11 Å². The Morgan fingerprint density at radius 1 is 1.40 bits per heavy atom. The summed E-state index contributed by atoms with van der Waals surface area (Å²) in [7, 11) is 0. The quantitative estimate of drug-likeness (QED) is 0.529. The summed E-state index contributed by atoms with van der Waals surface area (Å²) in [4.78, 5) is 0. The molecule has 0 heterocycles. The summed E-state index contributed by atoms with van der Waals surface area (Å²) < 4.78 is 0. The van der Waals surface area contributed by atoms with Crippen LogP contribution in [0.15, 0.2) is 12.2 Å². The van der Waals surface area contributed by atoms with Crippen molar-refractivity contribution in [2.24, 2.45) is 0 Å². The maximum absolute atomic E-state index is 8.28. The minimum absolute atomic E-state index is 0.0376. The van der Waals surface area contributed by atoms with Gasteiger partial charge in [-0.3, -0.25) is 0 Å². The first kappa shape index (κ1) is 8.82. The van der Waals surface area contributed by atoms with Crippen molar-refractivity contribution >= 4 is 0 Å². The molecule has 1 nitrogen and oxygen atoms in total. The Morgan fingerprint density at radius 3 is 2.80 bits per heavy atom. The molecule has 0 saturated carbocycles. The van der Waals surface area contributed by atoms with Crippen LogP contribution >= 0.6 is 0 Å². The van der Waals surface area contributed by atoms with Crippen LogP contribution in [0.4, 0.5) is 0 Å². The number of hydrogen-bond donors (Lipinski definition) is 1. The first-order chi connectivity index (χ1) is 4.91. The Hall–Kier alpha value is -1.18. The Morgan fingerprint density at radius 2 is 2.20 bits per heavy atom. The Balaban J connectivity index is 3.59. The SMILES string of the molecule is CCC#CC#C/C=C/CO. The lowest BCUT2D eigenvalue weighted by Gasteiger charge is -1.68. The second kappa shape index (κ2) is 7.82. The number of aliphatic hydroxyl groups excluding tert-OH is 1. The maximum atomic E-state index is 8.28. The molecule has 10 heavy (non-hydrogen) atoms. The van der Waals surface area contributed by atoms with E-state index in [0.717, 1.165) is 6.42 Å². The second-order valence-electron chi connectivity index (χ2n) is 1.51. The molecule has 0 saturated heterocycles. The van der Waals surface area contributed by atoms with Crippen molar-refractivity contribution in [2.45, 2.75) is 13.3 Å². The largest absolute Gasteiger partial charge is 0.392 e. The van der Waals surface area contributed by atoms with Gasteiger partial charge in [0.2, 0.25) is 0 Å². The summed E-state index contributed by atoms with van der Waals surface area (Å²) >= 11 is 0. The van der Waals surface area contributed by atoms with Gasteiger partial charge in [0, 0.05) is 6.42 Å². The number of aliphatic hydroxyl groups is 1. The summed E-state index contributed by atoms with van der Waals surface area (Å²) in [6.45, 7) is 2.01. The molecule has 0 amide bonds. The van der Waals surface area contributed by atoms with Crippen LogP contribution < -0.4 is 0 Å². The lowest BCUT2D eigenvalue weighted by molar-refractivity contribution is 0.343. The monoisotopic (exact) mass is 134 g/mol. The van der Waals surface area contributed by atoms with Crippen LogP contribution in [0.2, 0.25) is 0 Å². The number of hydrogen-bond acceptors (Lipinski definition) is 1. The molecule has 0 aliphatic rings. The van der Waals surface area contributed by atoms with Crippen LogP contribution in [-0.4, -0.2) is 11.7 Å². The zero-order valence-corrected chi connectivity index (χ0v) is 6.02. The van der Waals surface area contributed by atoms with E-state index in [9.17, 15) is 0 Å². The zero-order valence-electron chi connectivity index (χ0n) is 6.02. The van der Waals surface area contributed by atoms with Gasteiger partial charge in [-0.1, -0.05) is 24.8 Å². The van der Waals surface area contributed by atoms with Crippen LogP contribution in [0.1, 0.15) is 13.3 Å². The Kier molecular flexibility index (Phi) is 6.90. The normalized spacial score (nSPS) is 7.80. The standard InChI is InChI=1S/C9H10O/c1-2-3-4-5-6-7-8-9-10/h7-8,10H,2,9H2,1H3/b8-7+. The third-order valence-electron chi connectivity index (χ3n) is 0.706. The van der Waals surface area contributed by atoms with E-state index in [1.807, 2.05) is 6.92 Å². The van der Waals surface area contributed by atoms with E-state index in [0.29, 0.717) is 0 Å². The summed E-state index contributed by atoms with van der Waals surface area (Å²) in [5.74, 6) is 10.7. The topological polar surface area (TPSA) is 20.2 Å². The van der Waals surface area contributed by atoms with Crippen molar-refractivity contribution in [3.63, 3.8) is 0 Å². The summed E-state index contributed by atoms with van der Waals surface area (Å²) in [6.07, 6.45) is 3.99. The smallest absolute Gasteiger partial charge is 0.0621 e. The molecule has 0 unspecified atom stereocenters. The first-order valence-corrected chi connectivity index (χ1v) is 3.16. The second-order valence-corrected chi connectivity index (χ2v) is 1.51. The van der Waals surface area contributed by atoms with Gasteiger partial charge >= 0.3 is 0 Å². The fraction of sp³-hybridized carbons (Fsp3) is 0.333. The van der Waals surface area contributed by atoms with Gasteiger partial charge in [-0.05, 0) is 17.9 Å². The van der Waals surface area contributed by atoms with Crippen LogP contribution in [0.25, 0.3) is 0 Å². The van der Waals surface area contributed by atoms with Gasteiger partial charge in [0.25, 0.3) is 0 Å². The van der Waals surface area contributed by atoms with Crippen molar-refractivity contribution in [2.75, 3.05) is 6.61 Å². The van der Waals surface area contributed by atoms with E-state index < -0.39 is 0 Å². The van der Waals surface area contributed by atoms with E-state index in [-0.39, 0.29) is 6.61 Å². The number of rotatable bonds is 1. The third-order valence-corrected chi connectivity index (χ3v) is 0.706. The highest BCUT2D eigenvalue weighted by atomic mass is 16.2. The van der Waals surface area contributed by atoms with Crippen LogP contribution in [0, 0.1) is 23.7 Å². The van der Waals surface area contributed by atoms with E-state index >= 15 is 0 Å². The fourth-order valence-corrected chi connectivity index (χ4v) is 0.322. The minimum Gasteiger partial charge on any atom is -0.392 e. The molecule has 0 bridgehead atoms. The van der Waals surface area contributed by atoms with Crippen molar-refractivity contribution in [1.82, 2.24) is 0 Å². The molecule has 0 spiro atoms. The molecule has 0 rings (SSSR count). The highest BCUT2D eigenvalue weighted by molar-refractivity contribution is 5.30. The number of allylic oxidation sites excluding steroid dienone is 1. The van der Waals surface area contributed by atoms with Crippen molar-refractivity contribution in [3.05, 3.63) is 12.2 Å². The predicted molar refractivity (Wildman–Crippen MR) is 42.1 cm³/mol. The molecule has 0 aromatic rings. The van der Waals surface area contributed by atoms with Gasteiger partial charge in [-0.15, -0.1) is 0 Å². The Labute approximate surface area is 61.8 Å². The average molecular weight is 134 g/mol. The lowest BCUT2D eigenvalue weighted by atomic mass is 10.4. The third kappa shape index (κ3) is 6.82. The zero-order chi connectivity index (χ0) is 7.66. The average Bonchev–Trinajstić information content (AvgIpc) is 1.97. The van der Waals surface area contributed by atoms with E-state index in [4.69, 9.17) is 5.11 Å². The van der Waals surface area contributed by atoms with Gasteiger partial charge < -0.3 is 5.11 Å². The van der Waals surface area contributed by atoms with E-state index in [1.165, 1.54) is 0 Å². The molecule has 1 N–H and O–H groups in total. The van der Waals surface area contributed by atoms with E-state index in [2.05, 4.69) is 23.7 Å². The fourth-order valence-electron chi connectivity index (χ4n) is 0.322. The maximum Gasteiger partial charge on any atom is 0.0621 e. The molecule has 0 aromatic carbocycles. The van der Waals surface area contributed by atoms with Gasteiger partial charge in [0.05, 0.1) is 6.61 Å². The van der Waals surface area contributed by atoms with Gasteiger partial charge in [-0.25, -0.2) is 0 Å². The van der Waals surface area contributed by atoms with Gasteiger partial charge in [0.1, 0.15) is 0 Å². The molecule has 0 aliphatic heterocycles. The molecule has 0 aromatic heterocycles. The molecule has 1 heteroatoms. The molecule has 0 fully saturated rings. The summed E-state index contributed by atoms with van der Waals surface area (Å²) in [5, 5.41) is 8.28. The van der Waals surface area contributed by atoms with Gasteiger partial charge in [0.15, 0.2) is 0 Å². The van der Waals surface area contributed by atoms with Crippen LogP contribution in [0.5, 0.6) is 0 Å². The summed E-state index contributed by atoms with van der Waals surface area (Å²) in [5.41, 5.74) is 0. The van der Waals surface area contributed by atoms with Crippen LogP contribution in [0.3, 0.4) is 0 Å². The molecule has 0 aliphatic carbocycles. The first-order valence-electron chi connectivity index (χ1n) is 3.16. The highest BCUT2D eigenvalue weighted by Crippen LogP contribution is 1.67. The summed E-state index contributed by atoms with van der Waals surface area (Å²) in [6, 6.07) is 0. The molecular formula is C9H10O. The van der Waals surface area contributed by atoms with Gasteiger partial charge in [-0.2, -0.15) is 0 Å². The predicted octanol–water partition coefficient (Wildman–Crippen LogP) is 0.952. The molecular weight excluding hydrogens is 124 g/mol. The van der Waals surface area contributed by atoms with Crippen molar-refractivity contribution in [1.29, 1.82) is 0 Å². The minimum atomic E-state index is 0.0376. The van der Waals surface area contributed by atoms with Crippen LogP contribution in [-0.2, 0) is 0 Å².